The lowest BCUT2D eigenvalue weighted by Gasteiger charge is -2.03. The molecular weight excluding hydrogens is 298 g/mol. The van der Waals surface area contributed by atoms with Crippen molar-refractivity contribution in [3.63, 3.8) is 0 Å². The molecule has 0 saturated carbocycles. The Morgan fingerprint density at radius 2 is 2.27 bits per heavy atom. The van der Waals surface area contributed by atoms with Gasteiger partial charge in [-0.05, 0) is 19.1 Å². The highest BCUT2D eigenvalue weighted by atomic mass is 32.1. The monoisotopic (exact) mass is 311 g/mol. The summed E-state index contributed by atoms with van der Waals surface area (Å²) < 4.78 is 2.31. The van der Waals surface area contributed by atoms with Crippen LogP contribution in [0.25, 0.3) is 20.4 Å². The van der Waals surface area contributed by atoms with Crippen LogP contribution in [0.4, 0.5) is 0 Å². The number of aryl methyl sites for hydroxylation is 3. The fourth-order valence-electron chi connectivity index (χ4n) is 2.46. The van der Waals surface area contributed by atoms with Crippen LogP contribution in [0.2, 0.25) is 0 Å². The van der Waals surface area contributed by atoms with Crippen molar-refractivity contribution in [2.75, 3.05) is 0 Å². The van der Waals surface area contributed by atoms with Gasteiger partial charge in [0.25, 0.3) is 5.56 Å². The summed E-state index contributed by atoms with van der Waals surface area (Å²) >= 11 is 1.41. The molecule has 6 nitrogen and oxygen atoms in total. The molecule has 4 aromatic rings. The number of pyridine rings is 1. The number of hydrogen-bond donors (Lipinski definition) is 1. The highest BCUT2D eigenvalue weighted by Crippen LogP contribution is 2.28. The van der Waals surface area contributed by atoms with Crippen molar-refractivity contribution in [1.29, 1.82) is 0 Å². The number of H-pyrrole nitrogens is 1. The van der Waals surface area contributed by atoms with Crippen molar-refractivity contribution in [3.8, 4) is 0 Å². The van der Waals surface area contributed by atoms with Gasteiger partial charge in [0.05, 0.1) is 18.2 Å². The van der Waals surface area contributed by atoms with Crippen molar-refractivity contribution >= 4 is 31.8 Å². The number of fused-ring (bicyclic) bond motifs is 3. The van der Waals surface area contributed by atoms with E-state index in [1.165, 1.54) is 11.3 Å². The third-order valence-corrected chi connectivity index (χ3v) is 4.70. The standard InChI is InChI=1S/C15H13N5OS/c1-9-2-3-11-12-13(22-14(11)19-9)15(21)20(8-18-12)5-4-10-6-16-7-17-10/h2-3,6-8H,4-5H2,1H3,(H,16,17). The van der Waals surface area contributed by atoms with Crippen LogP contribution < -0.4 is 5.56 Å². The molecule has 110 valence electrons. The number of nitrogens with one attached hydrogen (secondary N) is 1. The maximum Gasteiger partial charge on any atom is 0.271 e. The minimum Gasteiger partial charge on any atom is -0.348 e. The second-order valence-corrected chi connectivity index (χ2v) is 6.15. The van der Waals surface area contributed by atoms with Gasteiger partial charge < -0.3 is 4.98 Å². The smallest absolute Gasteiger partial charge is 0.271 e. The predicted octanol–water partition coefficient (Wildman–Crippen LogP) is 2.28. The van der Waals surface area contributed by atoms with E-state index < -0.39 is 0 Å². The first-order chi connectivity index (χ1) is 10.7. The lowest BCUT2D eigenvalue weighted by Crippen LogP contribution is -2.20. The maximum atomic E-state index is 12.6. The van der Waals surface area contributed by atoms with E-state index in [9.17, 15) is 4.79 Å². The van der Waals surface area contributed by atoms with Crippen molar-refractivity contribution in [3.05, 3.63) is 52.7 Å². The first kappa shape index (κ1) is 13.1. The molecule has 0 amide bonds. The third kappa shape index (κ3) is 2.10. The van der Waals surface area contributed by atoms with E-state index in [0.29, 0.717) is 11.2 Å². The third-order valence-electron chi connectivity index (χ3n) is 3.63. The van der Waals surface area contributed by atoms with Gasteiger partial charge in [0.1, 0.15) is 9.53 Å². The molecule has 0 radical (unpaired) electrons. The van der Waals surface area contributed by atoms with Crippen molar-refractivity contribution < 1.29 is 0 Å². The van der Waals surface area contributed by atoms with E-state index in [4.69, 9.17) is 0 Å². The van der Waals surface area contributed by atoms with E-state index in [1.54, 1.807) is 23.4 Å². The molecule has 0 fully saturated rings. The Kier molecular flexibility index (Phi) is 3.00. The van der Waals surface area contributed by atoms with E-state index >= 15 is 0 Å². The second kappa shape index (κ2) is 5.03. The number of hydrogen-bond acceptors (Lipinski definition) is 5. The largest absolute Gasteiger partial charge is 0.348 e. The van der Waals surface area contributed by atoms with Crippen molar-refractivity contribution in [2.45, 2.75) is 19.9 Å². The van der Waals surface area contributed by atoms with Crippen LogP contribution in [-0.2, 0) is 13.0 Å². The van der Waals surface area contributed by atoms with Gasteiger partial charge in [0, 0.05) is 35.9 Å². The molecule has 4 rings (SSSR count). The topological polar surface area (TPSA) is 76.5 Å². The highest BCUT2D eigenvalue weighted by Gasteiger charge is 2.12. The van der Waals surface area contributed by atoms with E-state index in [0.717, 1.165) is 33.5 Å². The minimum atomic E-state index is -0.00910. The Morgan fingerprint density at radius 1 is 1.36 bits per heavy atom. The molecule has 7 heteroatoms. The average Bonchev–Trinajstić information content (AvgIpc) is 3.13. The molecule has 0 bridgehead atoms. The number of thiophene rings is 1. The summed E-state index contributed by atoms with van der Waals surface area (Å²) in [7, 11) is 0. The summed E-state index contributed by atoms with van der Waals surface area (Å²) in [4.78, 5) is 29.5. The fourth-order valence-corrected chi connectivity index (χ4v) is 3.58. The Morgan fingerprint density at radius 3 is 3.09 bits per heavy atom. The lowest BCUT2D eigenvalue weighted by molar-refractivity contribution is 0.656. The molecule has 0 unspecified atom stereocenters. The van der Waals surface area contributed by atoms with Gasteiger partial charge in [0.2, 0.25) is 0 Å². The van der Waals surface area contributed by atoms with Crippen LogP contribution in [0.1, 0.15) is 11.4 Å². The Bertz CT molecular complexity index is 1020. The van der Waals surface area contributed by atoms with Gasteiger partial charge in [-0.15, -0.1) is 11.3 Å². The molecule has 0 aliphatic carbocycles. The molecule has 4 heterocycles. The van der Waals surface area contributed by atoms with Gasteiger partial charge >= 0.3 is 0 Å². The summed E-state index contributed by atoms with van der Waals surface area (Å²) in [6, 6.07) is 3.93. The molecule has 0 aliphatic heterocycles. The predicted molar refractivity (Wildman–Crippen MR) is 86.2 cm³/mol. The molecule has 0 atom stereocenters. The van der Waals surface area contributed by atoms with Crippen molar-refractivity contribution in [2.24, 2.45) is 0 Å². The van der Waals surface area contributed by atoms with E-state index in [-0.39, 0.29) is 5.56 Å². The first-order valence-electron chi connectivity index (χ1n) is 6.95. The lowest BCUT2D eigenvalue weighted by atomic mass is 10.2. The van der Waals surface area contributed by atoms with Gasteiger partial charge in [-0.25, -0.2) is 15.0 Å². The summed E-state index contributed by atoms with van der Waals surface area (Å²) in [6.07, 6.45) is 5.74. The summed E-state index contributed by atoms with van der Waals surface area (Å²) in [6.45, 7) is 2.52. The second-order valence-electron chi connectivity index (χ2n) is 5.16. The van der Waals surface area contributed by atoms with Crippen molar-refractivity contribution in [1.82, 2.24) is 24.5 Å². The Balaban J connectivity index is 1.79. The molecule has 0 aliphatic rings. The normalized spacial score (nSPS) is 11.5. The quantitative estimate of drug-likeness (QED) is 0.630. The SMILES string of the molecule is Cc1ccc2c(n1)sc1c(=O)n(CCc3cnc[nH]3)cnc12. The minimum absolute atomic E-state index is 0.00910. The van der Waals surface area contributed by atoms with E-state index in [1.807, 2.05) is 19.1 Å². The van der Waals surface area contributed by atoms with Crippen LogP contribution >= 0.6 is 11.3 Å². The molecule has 0 saturated heterocycles. The van der Waals surface area contributed by atoms with Crippen LogP contribution in [0, 0.1) is 6.92 Å². The molecular formula is C15H13N5OS. The van der Waals surface area contributed by atoms with Gasteiger partial charge in [-0.3, -0.25) is 9.36 Å². The van der Waals surface area contributed by atoms with Gasteiger partial charge in [-0.2, -0.15) is 0 Å². The number of imidazole rings is 1. The van der Waals surface area contributed by atoms with Gasteiger partial charge in [-0.1, -0.05) is 0 Å². The zero-order chi connectivity index (χ0) is 15.1. The molecule has 1 N–H and O–H groups in total. The summed E-state index contributed by atoms with van der Waals surface area (Å²) in [5, 5.41) is 0.948. The van der Waals surface area contributed by atoms with Crippen LogP contribution in [0.15, 0.2) is 35.8 Å². The average molecular weight is 311 g/mol. The first-order valence-corrected chi connectivity index (χ1v) is 7.76. The fraction of sp³-hybridized carbons (Fsp3) is 0.200. The number of nitrogens with zero attached hydrogens (tertiary/aromatic N) is 4. The van der Waals surface area contributed by atoms with Crippen LogP contribution in [-0.4, -0.2) is 24.5 Å². The molecule has 0 spiro atoms. The number of aromatic nitrogens is 5. The maximum absolute atomic E-state index is 12.6. The van der Waals surface area contributed by atoms with Crippen LogP contribution in [0.3, 0.4) is 0 Å². The zero-order valence-corrected chi connectivity index (χ0v) is 12.7. The highest BCUT2D eigenvalue weighted by molar-refractivity contribution is 7.25. The van der Waals surface area contributed by atoms with Crippen LogP contribution in [0.5, 0.6) is 0 Å². The van der Waals surface area contributed by atoms with E-state index in [2.05, 4.69) is 19.9 Å². The summed E-state index contributed by atoms with van der Waals surface area (Å²) in [5.74, 6) is 0. The van der Waals surface area contributed by atoms with Gasteiger partial charge in [0.15, 0.2) is 0 Å². The zero-order valence-electron chi connectivity index (χ0n) is 11.9. The molecule has 0 aromatic carbocycles. The number of rotatable bonds is 3. The molecule has 4 aromatic heterocycles. The summed E-state index contributed by atoms with van der Waals surface area (Å²) in [5.41, 5.74) is 2.68. The Hall–Kier alpha value is -2.54. The molecule has 22 heavy (non-hydrogen) atoms. The Labute approximate surface area is 129 Å². The number of aromatic amines is 1.